The van der Waals surface area contributed by atoms with Crippen LogP contribution in [-0.4, -0.2) is 20.3 Å². The molecule has 0 bridgehead atoms. The molecular formula is C16H9BrN2O4S2. The Morgan fingerprint density at radius 2 is 1.96 bits per heavy atom. The molecule has 0 spiro atoms. The monoisotopic (exact) mass is 436 g/mol. The molecule has 0 aromatic heterocycles. The second-order valence-electron chi connectivity index (χ2n) is 4.98. The average molecular weight is 437 g/mol. The standard InChI is InChI=1S/C16H9BrN2O4S2/c17-11-6-9(7-12(14(11)20)19(22)23)8-13-15(21)18(16(24)25-13)10-4-2-1-3-5-10/h1-8,20H/b13-8+. The summed E-state index contributed by atoms with van der Waals surface area (Å²) < 4.78 is 0.557. The van der Waals surface area contributed by atoms with E-state index in [0.717, 1.165) is 11.8 Å². The quantitative estimate of drug-likeness (QED) is 0.330. The smallest absolute Gasteiger partial charge is 0.312 e. The Bertz CT molecular complexity index is 931. The van der Waals surface area contributed by atoms with Gasteiger partial charge in [0, 0.05) is 6.07 Å². The van der Waals surface area contributed by atoms with Gasteiger partial charge in [0.1, 0.15) is 0 Å². The topological polar surface area (TPSA) is 83.7 Å². The van der Waals surface area contributed by atoms with Gasteiger partial charge in [0.25, 0.3) is 5.91 Å². The molecule has 1 aliphatic heterocycles. The number of phenols is 1. The fourth-order valence-electron chi connectivity index (χ4n) is 2.25. The molecule has 1 amide bonds. The van der Waals surface area contributed by atoms with Gasteiger partial charge in [0.05, 0.1) is 20.0 Å². The summed E-state index contributed by atoms with van der Waals surface area (Å²) in [4.78, 5) is 24.7. The molecule has 1 aliphatic rings. The number of aromatic hydroxyl groups is 1. The van der Waals surface area contributed by atoms with Gasteiger partial charge in [0.2, 0.25) is 5.75 Å². The van der Waals surface area contributed by atoms with Gasteiger partial charge in [-0.3, -0.25) is 19.8 Å². The number of nitro benzene ring substituents is 1. The highest BCUT2D eigenvalue weighted by Gasteiger charge is 2.33. The van der Waals surface area contributed by atoms with Crippen LogP contribution in [0.5, 0.6) is 5.75 Å². The zero-order chi connectivity index (χ0) is 18.1. The Morgan fingerprint density at radius 1 is 1.28 bits per heavy atom. The van der Waals surface area contributed by atoms with Gasteiger partial charge < -0.3 is 5.11 Å². The van der Waals surface area contributed by atoms with E-state index in [1.807, 2.05) is 6.07 Å². The molecule has 3 rings (SSSR count). The van der Waals surface area contributed by atoms with Gasteiger partial charge in [-0.2, -0.15) is 0 Å². The summed E-state index contributed by atoms with van der Waals surface area (Å²) in [6.07, 6.45) is 1.51. The van der Waals surface area contributed by atoms with Crippen LogP contribution in [0.3, 0.4) is 0 Å². The lowest BCUT2D eigenvalue weighted by Crippen LogP contribution is -2.27. The van der Waals surface area contributed by atoms with Gasteiger partial charge in [-0.1, -0.05) is 42.2 Å². The molecule has 126 valence electrons. The molecule has 2 aromatic carbocycles. The van der Waals surface area contributed by atoms with Gasteiger partial charge in [-0.05, 0) is 45.8 Å². The number of nitro groups is 1. The molecule has 25 heavy (non-hydrogen) atoms. The molecule has 1 N–H and O–H groups in total. The van der Waals surface area contributed by atoms with E-state index in [1.54, 1.807) is 24.3 Å². The number of anilines is 1. The number of para-hydroxylation sites is 1. The maximum Gasteiger partial charge on any atom is 0.312 e. The van der Waals surface area contributed by atoms with Crippen LogP contribution < -0.4 is 4.90 Å². The van der Waals surface area contributed by atoms with E-state index in [1.165, 1.54) is 23.1 Å². The third kappa shape index (κ3) is 3.44. The zero-order valence-corrected chi connectivity index (χ0v) is 15.6. The normalized spacial score (nSPS) is 15.9. The lowest BCUT2D eigenvalue weighted by atomic mass is 10.1. The highest BCUT2D eigenvalue weighted by molar-refractivity contribution is 9.10. The predicted octanol–water partition coefficient (Wildman–Crippen LogP) is 4.47. The van der Waals surface area contributed by atoms with Crippen molar-refractivity contribution in [2.45, 2.75) is 0 Å². The first-order valence-electron chi connectivity index (χ1n) is 6.88. The minimum absolute atomic E-state index is 0.173. The summed E-state index contributed by atoms with van der Waals surface area (Å²) in [5.74, 6) is -0.757. The summed E-state index contributed by atoms with van der Waals surface area (Å²) >= 11 is 9.47. The van der Waals surface area contributed by atoms with Crippen molar-refractivity contribution in [2.24, 2.45) is 0 Å². The number of benzene rings is 2. The minimum Gasteiger partial charge on any atom is -0.501 e. The maximum atomic E-state index is 12.6. The van der Waals surface area contributed by atoms with Crippen LogP contribution in [0.15, 0.2) is 51.8 Å². The Morgan fingerprint density at radius 3 is 2.60 bits per heavy atom. The van der Waals surface area contributed by atoms with E-state index in [4.69, 9.17) is 12.2 Å². The van der Waals surface area contributed by atoms with Crippen molar-refractivity contribution in [3.8, 4) is 5.75 Å². The fourth-order valence-corrected chi connectivity index (χ4v) is 4.01. The first kappa shape index (κ1) is 17.6. The first-order chi connectivity index (χ1) is 11.9. The zero-order valence-electron chi connectivity index (χ0n) is 12.4. The van der Waals surface area contributed by atoms with Gasteiger partial charge in [-0.15, -0.1) is 0 Å². The molecule has 0 unspecified atom stereocenters. The number of hydrogen-bond donors (Lipinski definition) is 1. The van der Waals surface area contributed by atoms with E-state index >= 15 is 0 Å². The molecule has 0 saturated carbocycles. The third-order valence-electron chi connectivity index (χ3n) is 3.37. The largest absolute Gasteiger partial charge is 0.501 e. The number of thioether (sulfide) groups is 1. The second-order valence-corrected chi connectivity index (χ2v) is 7.51. The number of nitrogens with zero attached hydrogens (tertiary/aromatic N) is 2. The molecule has 1 saturated heterocycles. The van der Waals surface area contributed by atoms with E-state index < -0.39 is 16.4 Å². The average Bonchev–Trinajstić information content (AvgIpc) is 2.85. The Hall–Kier alpha value is -2.23. The molecule has 0 radical (unpaired) electrons. The highest BCUT2D eigenvalue weighted by Crippen LogP contribution is 2.39. The number of halogens is 1. The first-order valence-corrected chi connectivity index (χ1v) is 8.90. The van der Waals surface area contributed by atoms with Crippen molar-refractivity contribution in [1.29, 1.82) is 0 Å². The lowest BCUT2D eigenvalue weighted by Gasteiger charge is -2.13. The minimum atomic E-state index is -0.688. The van der Waals surface area contributed by atoms with Crippen molar-refractivity contribution < 1.29 is 14.8 Å². The molecule has 6 nitrogen and oxygen atoms in total. The van der Waals surface area contributed by atoms with Crippen LogP contribution >= 0.6 is 39.9 Å². The number of carbonyl (C=O) groups excluding carboxylic acids is 1. The van der Waals surface area contributed by atoms with Gasteiger partial charge in [0.15, 0.2) is 4.32 Å². The molecular weight excluding hydrogens is 428 g/mol. The van der Waals surface area contributed by atoms with Crippen LogP contribution in [0, 0.1) is 10.1 Å². The van der Waals surface area contributed by atoms with Gasteiger partial charge in [-0.25, -0.2) is 0 Å². The molecule has 0 atom stereocenters. The van der Waals surface area contributed by atoms with Crippen LogP contribution in [0.2, 0.25) is 0 Å². The molecule has 9 heteroatoms. The van der Waals surface area contributed by atoms with E-state index in [2.05, 4.69) is 15.9 Å². The molecule has 2 aromatic rings. The van der Waals surface area contributed by atoms with Crippen molar-refractivity contribution >= 4 is 67.6 Å². The number of thiocarbonyl (C=S) groups is 1. The Kier molecular flexibility index (Phi) is 4.89. The van der Waals surface area contributed by atoms with Crippen molar-refractivity contribution in [3.63, 3.8) is 0 Å². The summed E-state index contributed by atoms with van der Waals surface area (Å²) in [6.45, 7) is 0. The van der Waals surface area contributed by atoms with Crippen molar-refractivity contribution in [2.75, 3.05) is 4.90 Å². The Labute approximate surface area is 160 Å². The van der Waals surface area contributed by atoms with Crippen LogP contribution in [0.25, 0.3) is 6.08 Å². The third-order valence-corrected chi connectivity index (χ3v) is 5.27. The van der Waals surface area contributed by atoms with E-state index in [9.17, 15) is 20.0 Å². The number of amides is 1. The van der Waals surface area contributed by atoms with Crippen molar-refractivity contribution in [3.05, 3.63) is 67.5 Å². The summed E-state index contributed by atoms with van der Waals surface area (Å²) in [7, 11) is 0. The number of phenolic OH excluding ortho intramolecular Hbond substituents is 1. The number of hydrogen-bond acceptors (Lipinski definition) is 6. The van der Waals surface area contributed by atoms with E-state index in [-0.39, 0.29) is 10.4 Å². The fraction of sp³-hybridized carbons (Fsp3) is 0. The predicted molar refractivity (Wildman–Crippen MR) is 105 cm³/mol. The van der Waals surface area contributed by atoms with Crippen LogP contribution in [0.4, 0.5) is 11.4 Å². The number of rotatable bonds is 3. The van der Waals surface area contributed by atoms with Crippen LogP contribution in [0.1, 0.15) is 5.56 Å². The Balaban J connectivity index is 1.99. The maximum absolute atomic E-state index is 12.6. The summed E-state index contributed by atoms with van der Waals surface area (Å²) in [6, 6.07) is 11.7. The molecule has 0 aliphatic carbocycles. The molecule has 1 heterocycles. The highest BCUT2D eigenvalue weighted by atomic mass is 79.9. The second kappa shape index (κ2) is 6.95. The SMILES string of the molecule is O=C1/C(=C\c2cc(Br)c(O)c([N+](=O)[O-])c2)SC(=S)N1c1ccccc1. The van der Waals surface area contributed by atoms with Gasteiger partial charge >= 0.3 is 5.69 Å². The van der Waals surface area contributed by atoms with Crippen LogP contribution in [-0.2, 0) is 4.79 Å². The lowest BCUT2D eigenvalue weighted by molar-refractivity contribution is -0.386. The van der Waals surface area contributed by atoms with Crippen molar-refractivity contribution in [1.82, 2.24) is 0 Å². The summed E-state index contributed by atoms with van der Waals surface area (Å²) in [5.41, 5.74) is 0.621. The molecule has 1 fully saturated rings. The van der Waals surface area contributed by atoms with E-state index in [0.29, 0.717) is 20.5 Å². The summed E-state index contributed by atoms with van der Waals surface area (Å²) in [5, 5.41) is 20.7. The number of carbonyl (C=O) groups is 1.